The maximum atomic E-state index is 12.1. The van der Waals surface area contributed by atoms with Crippen LogP contribution in [0.1, 0.15) is 26.7 Å². The van der Waals surface area contributed by atoms with E-state index in [4.69, 9.17) is 11.6 Å². The van der Waals surface area contributed by atoms with Gasteiger partial charge in [0.05, 0.1) is 4.90 Å². The Bertz CT molecular complexity index is 840. The van der Waals surface area contributed by atoms with E-state index in [1.807, 2.05) is 0 Å². The number of benzene rings is 1. The fraction of sp³-hybridized carbons (Fsp3) is 0.400. The van der Waals surface area contributed by atoms with Crippen molar-refractivity contribution >= 4 is 55.8 Å². The normalized spacial score (nSPS) is 12.7. The van der Waals surface area contributed by atoms with Gasteiger partial charge in [0.25, 0.3) is 0 Å². The summed E-state index contributed by atoms with van der Waals surface area (Å²) in [7, 11) is -3.68. The van der Waals surface area contributed by atoms with Crippen molar-refractivity contribution in [3.05, 3.63) is 29.3 Å². The molecule has 0 aliphatic rings. The summed E-state index contributed by atoms with van der Waals surface area (Å²) in [6.07, 6.45) is 1.000. The monoisotopic (exact) mass is 434 g/mol. The van der Waals surface area contributed by atoms with Crippen LogP contribution in [0.2, 0.25) is 5.02 Å². The van der Waals surface area contributed by atoms with Crippen LogP contribution in [0.5, 0.6) is 0 Å². The van der Waals surface area contributed by atoms with Gasteiger partial charge in [-0.3, -0.25) is 4.79 Å². The highest BCUT2D eigenvalue weighted by Crippen LogP contribution is 2.29. The van der Waals surface area contributed by atoms with Crippen molar-refractivity contribution in [3.8, 4) is 0 Å². The van der Waals surface area contributed by atoms with Crippen LogP contribution in [0, 0.1) is 0 Å². The predicted octanol–water partition coefficient (Wildman–Crippen LogP) is 3.39. The lowest BCUT2D eigenvalue weighted by molar-refractivity contribution is -0.116. The van der Waals surface area contributed by atoms with Gasteiger partial charge in [0.1, 0.15) is 0 Å². The average Bonchev–Trinajstić information content (AvgIpc) is 3.01. The molecule has 0 saturated carbocycles. The van der Waals surface area contributed by atoms with Crippen LogP contribution < -0.4 is 10.0 Å². The summed E-state index contributed by atoms with van der Waals surface area (Å²) in [5.74, 6) is -0.333. The Labute approximate surface area is 166 Å². The Morgan fingerprint density at radius 2 is 2.00 bits per heavy atom. The molecular formula is C15H19ClN4O3S3. The summed E-state index contributed by atoms with van der Waals surface area (Å²) in [6, 6.07) is 5.80. The van der Waals surface area contributed by atoms with Gasteiger partial charge in [0.2, 0.25) is 21.1 Å². The number of rotatable bonds is 9. The van der Waals surface area contributed by atoms with Crippen LogP contribution in [0.15, 0.2) is 33.5 Å². The fourth-order valence-electron chi connectivity index (χ4n) is 1.74. The molecule has 2 rings (SSSR count). The van der Waals surface area contributed by atoms with Crippen molar-refractivity contribution in [2.75, 3.05) is 11.9 Å². The van der Waals surface area contributed by atoms with Crippen molar-refractivity contribution in [1.29, 1.82) is 0 Å². The van der Waals surface area contributed by atoms with Crippen LogP contribution in [0.4, 0.5) is 5.13 Å². The van der Waals surface area contributed by atoms with E-state index in [2.05, 4.69) is 34.1 Å². The summed E-state index contributed by atoms with van der Waals surface area (Å²) in [5, 5.41) is 11.8. The minimum atomic E-state index is -3.68. The third kappa shape index (κ3) is 6.51. The molecule has 1 aromatic carbocycles. The molecule has 1 atom stereocenters. The third-order valence-electron chi connectivity index (χ3n) is 3.30. The van der Waals surface area contributed by atoms with Gasteiger partial charge >= 0.3 is 0 Å². The number of thioether (sulfide) groups is 1. The maximum Gasteiger partial charge on any atom is 0.240 e. The first kappa shape index (κ1) is 21.1. The Hall–Kier alpha value is -1.20. The van der Waals surface area contributed by atoms with Crippen LogP contribution in [0.25, 0.3) is 0 Å². The molecule has 11 heteroatoms. The summed E-state index contributed by atoms with van der Waals surface area (Å²) < 4.78 is 27.4. The predicted molar refractivity (Wildman–Crippen MR) is 105 cm³/mol. The number of hydrogen-bond acceptors (Lipinski definition) is 7. The maximum absolute atomic E-state index is 12.1. The number of carbonyl (C=O) groups is 1. The van der Waals surface area contributed by atoms with Gasteiger partial charge in [-0.05, 0) is 30.7 Å². The molecule has 0 aliphatic heterocycles. The fourth-order valence-corrected chi connectivity index (χ4v) is 4.91. The van der Waals surface area contributed by atoms with Gasteiger partial charge in [0.15, 0.2) is 4.34 Å². The lowest BCUT2D eigenvalue weighted by atomic mass is 10.4. The second kappa shape index (κ2) is 9.65. The largest absolute Gasteiger partial charge is 0.300 e. The van der Waals surface area contributed by atoms with E-state index < -0.39 is 10.0 Å². The molecule has 0 fully saturated rings. The van der Waals surface area contributed by atoms with Crippen LogP contribution in [-0.4, -0.2) is 36.3 Å². The molecule has 2 aromatic rings. The molecular weight excluding hydrogens is 416 g/mol. The summed E-state index contributed by atoms with van der Waals surface area (Å²) in [5.41, 5.74) is 0. The van der Waals surface area contributed by atoms with Crippen molar-refractivity contribution in [1.82, 2.24) is 14.9 Å². The van der Waals surface area contributed by atoms with Gasteiger partial charge in [-0.1, -0.05) is 48.5 Å². The molecule has 26 heavy (non-hydrogen) atoms. The van der Waals surface area contributed by atoms with Crippen molar-refractivity contribution in [2.24, 2.45) is 0 Å². The number of amides is 1. The smallest absolute Gasteiger partial charge is 0.240 e. The highest BCUT2D eigenvalue weighted by atomic mass is 35.5. The van der Waals surface area contributed by atoms with Gasteiger partial charge in [-0.2, -0.15) is 0 Å². The number of nitrogens with one attached hydrogen (secondary N) is 2. The van der Waals surface area contributed by atoms with E-state index in [1.165, 1.54) is 35.6 Å². The third-order valence-corrected chi connectivity index (χ3v) is 7.22. The van der Waals surface area contributed by atoms with E-state index in [0.717, 1.165) is 10.8 Å². The molecule has 0 radical (unpaired) electrons. The minimum Gasteiger partial charge on any atom is -0.300 e. The number of halogens is 1. The second-order valence-electron chi connectivity index (χ2n) is 5.36. The van der Waals surface area contributed by atoms with Gasteiger partial charge in [-0.25, -0.2) is 13.1 Å². The topological polar surface area (TPSA) is 101 Å². The highest BCUT2D eigenvalue weighted by molar-refractivity contribution is 8.01. The first-order valence-corrected chi connectivity index (χ1v) is 11.4. The lowest BCUT2D eigenvalue weighted by Gasteiger charge is -2.06. The Balaban J connectivity index is 1.81. The van der Waals surface area contributed by atoms with Crippen molar-refractivity contribution in [2.45, 2.75) is 41.2 Å². The molecule has 0 saturated heterocycles. The van der Waals surface area contributed by atoms with E-state index >= 15 is 0 Å². The standard InChI is InChI=1S/C15H19ClN4O3S3/c1-3-10(2)24-15-20-19-14(25-15)18-13(21)8-9-17-26(22,23)12-6-4-11(16)5-7-12/h4-7,10,17H,3,8-9H2,1-2H3,(H,18,19,21). The number of carbonyl (C=O) groups excluding carboxylic acids is 1. The molecule has 142 valence electrons. The van der Waals surface area contributed by atoms with Gasteiger partial charge in [0, 0.05) is 23.2 Å². The Morgan fingerprint density at radius 1 is 1.31 bits per heavy atom. The average molecular weight is 435 g/mol. The quantitative estimate of drug-likeness (QED) is 0.463. The van der Waals surface area contributed by atoms with Gasteiger partial charge < -0.3 is 5.32 Å². The minimum absolute atomic E-state index is 0.0137. The molecule has 0 aliphatic carbocycles. The van der Waals surface area contributed by atoms with E-state index in [9.17, 15) is 13.2 Å². The number of hydrogen-bond donors (Lipinski definition) is 2. The second-order valence-corrected chi connectivity index (χ2v) is 10.2. The number of sulfonamides is 1. The zero-order valence-corrected chi connectivity index (χ0v) is 17.4. The Kier molecular flexibility index (Phi) is 7.84. The summed E-state index contributed by atoms with van der Waals surface area (Å²) in [6.45, 7) is 4.16. The lowest BCUT2D eigenvalue weighted by Crippen LogP contribution is -2.27. The van der Waals surface area contributed by atoms with Crippen molar-refractivity contribution in [3.63, 3.8) is 0 Å². The summed E-state index contributed by atoms with van der Waals surface area (Å²) in [4.78, 5) is 12.0. The van der Waals surface area contributed by atoms with Crippen LogP contribution >= 0.6 is 34.7 Å². The zero-order valence-electron chi connectivity index (χ0n) is 14.2. The van der Waals surface area contributed by atoms with Crippen LogP contribution in [0.3, 0.4) is 0 Å². The number of aromatic nitrogens is 2. The molecule has 1 amide bonds. The van der Waals surface area contributed by atoms with E-state index in [-0.39, 0.29) is 23.8 Å². The first-order chi connectivity index (χ1) is 12.3. The van der Waals surface area contributed by atoms with Gasteiger partial charge in [-0.15, -0.1) is 10.2 Å². The Morgan fingerprint density at radius 3 is 2.65 bits per heavy atom. The number of nitrogens with zero attached hydrogens (tertiary/aromatic N) is 2. The molecule has 0 bridgehead atoms. The molecule has 2 N–H and O–H groups in total. The van der Waals surface area contributed by atoms with Crippen LogP contribution in [-0.2, 0) is 14.8 Å². The molecule has 7 nitrogen and oxygen atoms in total. The number of anilines is 1. The molecule has 1 aromatic heterocycles. The SMILES string of the molecule is CCC(C)Sc1nnc(NC(=O)CCNS(=O)(=O)c2ccc(Cl)cc2)s1. The molecule has 1 unspecified atom stereocenters. The first-order valence-electron chi connectivity index (χ1n) is 7.85. The van der Waals surface area contributed by atoms with Crippen molar-refractivity contribution < 1.29 is 13.2 Å². The van der Waals surface area contributed by atoms with E-state index in [1.54, 1.807) is 11.8 Å². The van der Waals surface area contributed by atoms with E-state index in [0.29, 0.717) is 15.4 Å². The summed E-state index contributed by atoms with van der Waals surface area (Å²) >= 11 is 8.65. The molecule has 1 heterocycles. The zero-order chi connectivity index (χ0) is 19.2. The highest BCUT2D eigenvalue weighted by Gasteiger charge is 2.15. The molecule has 0 spiro atoms.